The fraction of sp³-hybridized carbons (Fsp3) is 0.136. The van der Waals surface area contributed by atoms with Crippen LogP contribution in [0, 0.1) is 0 Å². The second-order valence-electron chi connectivity index (χ2n) is 6.02. The molecule has 150 valence electrons. The second kappa shape index (κ2) is 11.5. The number of amides is 2. The molecule has 0 heterocycles. The van der Waals surface area contributed by atoms with Gasteiger partial charge in [-0.1, -0.05) is 66.2 Å². The molecule has 0 aromatic heterocycles. The molecule has 0 unspecified atom stereocenters. The van der Waals surface area contributed by atoms with Gasteiger partial charge >= 0.3 is 0 Å². The Kier molecular flexibility index (Phi) is 8.66. The van der Waals surface area contributed by atoms with Gasteiger partial charge in [0.15, 0.2) is 0 Å². The molecule has 2 N–H and O–H groups in total. The average molecular weight is 412 g/mol. The molecule has 6 nitrogen and oxygen atoms in total. The lowest BCUT2D eigenvalue weighted by atomic mass is 10.2. The largest absolute Gasteiger partial charge is 0.550 e. The fourth-order valence-electron chi connectivity index (χ4n) is 2.36. The lowest BCUT2D eigenvalue weighted by Crippen LogP contribution is -2.35. The van der Waals surface area contributed by atoms with Crippen LogP contribution in [0.4, 0.5) is 0 Å². The van der Waals surface area contributed by atoms with E-state index in [9.17, 15) is 19.5 Å². The number of carboxylic acid groups (broad SMARTS) is 1. The number of carbonyl (C=O) groups is 3. The Balaban J connectivity index is 2.13. The molecular formula is C22H20ClN2O4-. The van der Waals surface area contributed by atoms with Crippen LogP contribution >= 0.6 is 11.6 Å². The van der Waals surface area contributed by atoms with E-state index in [1.807, 2.05) is 30.3 Å². The van der Waals surface area contributed by atoms with Gasteiger partial charge in [-0.05, 0) is 36.6 Å². The number of hydrogen-bond acceptors (Lipinski definition) is 4. The molecule has 2 rings (SSSR count). The first-order valence-electron chi connectivity index (χ1n) is 8.94. The highest BCUT2D eigenvalue weighted by atomic mass is 35.5. The molecule has 2 aromatic carbocycles. The van der Waals surface area contributed by atoms with E-state index in [0.29, 0.717) is 0 Å². The van der Waals surface area contributed by atoms with Crippen LogP contribution in [-0.4, -0.2) is 24.3 Å². The summed E-state index contributed by atoms with van der Waals surface area (Å²) in [5.41, 5.74) is 1.17. The number of halogens is 1. The molecule has 0 bridgehead atoms. The van der Waals surface area contributed by atoms with Crippen LogP contribution in [0.1, 0.15) is 28.8 Å². The highest BCUT2D eigenvalue weighted by Gasteiger charge is 2.15. The van der Waals surface area contributed by atoms with Crippen molar-refractivity contribution in [3.05, 3.63) is 88.6 Å². The Bertz CT molecular complexity index is 923. The number of aliphatic carboxylic acids is 1. The van der Waals surface area contributed by atoms with E-state index in [4.69, 9.17) is 11.6 Å². The lowest BCUT2D eigenvalue weighted by molar-refractivity contribution is -0.305. The first kappa shape index (κ1) is 21.9. The molecular weight excluding hydrogens is 392 g/mol. The van der Waals surface area contributed by atoms with E-state index < -0.39 is 17.8 Å². The summed E-state index contributed by atoms with van der Waals surface area (Å²) < 4.78 is 0. The molecule has 0 saturated heterocycles. The highest BCUT2D eigenvalue weighted by molar-refractivity contribution is 6.34. The van der Waals surface area contributed by atoms with Crippen molar-refractivity contribution in [1.82, 2.24) is 10.6 Å². The smallest absolute Gasteiger partial charge is 0.267 e. The number of hydrogen-bond donors (Lipinski definition) is 2. The molecule has 0 aliphatic carbocycles. The van der Waals surface area contributed by atoms with Gasteiger partial charge in [-0.15, -0.1) is 0 Å². The number of rotatable bonds is 9. The summed E-state index contributed by atoms with van der Waals surface area (Å²) in [5, 5.41) is 15.9. The number of carboxylic acids is 1. The van der Waals surface area contributed by atoms with E-state index in [-0.39, 0.29) is 35.7 Å². The molecule has 0 fully saturated rings. The third-order valence-electron chi connectivity index (χ3n) is 3.81. The van der Waals surface area contributed by atoms with E-state index in [1.165, 1.54) is 6.08 Å². The molecule has 7 heteroatoms. The number of allylic oxidation sites excluding steroid dienone is 2. The Hall–Kier alpha value is -3.38. The standard InChI is InChI=1S/C22H21ClN2O4/c23-18-12-5-4-11-17(18)21(28)25-19(22(29)24-15-7-14-20(26)27)13-6-10-16-8-2-1-3-9-16/h1-6,8-13H,7,14-15H2,(H,24,29)(H,25,28)(H,26,27)/p-1/b10-6+,19-13+. The Morgan fingerprint density at radius 1 is 1.00 bits per heavy atom. The summed E-state index contributed by atoms with van der Waals surface area (Å²) in [6, 6.07) is 15.9. The van der Waals surface area contributed by atoms with Crippen molar-refractivity contribution in [2.45, 2.75) is 12.8 Å². The maximum absolute atomic E-state index is 12.5. The van der Waals surface area contributed by atoms with E-state index >= 15 is 0 Å². The van der Waals surface area contributed by atoms with Gasteiger partial charge in [0, 0.05) is 12.5 Å². The van der Waals surface area contributed by atoms with E-state index in [1.54, 1.807) is 36.4 Å². The van der Waals surface area contributed by atoms with Crippen LogP contribution < -0.4 is 15.7 Å². The van der Waals surface area contributed by atoms with E-state index in [2.05, 4.69) is 10.6 Å². The minimum Gasteiger partial charge on any atom is -0.550 e. The van der Waals surface area contributed by atoms with Crippen LogP contribution in [-0.2, 0) is 9.59 Å². The first-order valence-corrected chi connectivity index (χ1v) is 9.32. The monoisotopic (exact) mass is 411 g/mol. The predicted molar refractivity (Wildman–Crippen MR) is 110 cm³/mol. The van der Waals surface area contributed by atoms with Gasteiger partial charge in [0.25, 0.3) is 11.8 Å². The molecule has 0 aliphatic heterocycles. The summed E-state index contributed by atoms with van der Waals surface area (Å²) >= 11 is 6.04. The van der Waals surface area contributed by atoms with Gasteiger partial charge in [-0.3, -0.25) is 9.59 Å². The van der Waals surface area contributed by atoms with Gasteiger partial charge in [-0.2, -0.15) is 0 Å². The van der Waals surface area contributed by atoms with Crippen molar-refractivity contribution < 1.29 is 19.5 Å². The third kappa shape index (κ3) is 7.63. The summed E-state index contributed by atoms with van der Waals surface area (Å²) in [5.74, 6) is -2.26. The third-order valence-corrected chi connectivity index (χ3v) is 4.14. The van der Waals surface area contributed by atoms with Gasteiger partial charge < -0.3 is 20.5 Å². The molecule has 0 aliphatic rings. The van der Waals surface area contributed by atoms with Crippen LogP contribution in [0.3, 0.4) is 0 Å². The summed E-state index contributed by atoms with van der Waals surface area (Å²) in [4.78, 5) is 35.4. The van der Waals surface area contributed by atoms with Crippen LogP contribution in [0.5, 0.6) is 0 Å². The van der Waals surface area contributed by atoms with Crippen molar-refractivity contribution in [2.75, 3.05) is 6.54 Å². The minimum atomic E-state index is -1.19. The quantitative estimate of drug-likeness (QED) is 0.376. The first-order chi connectivity index (χ1) is 14.0. The molecule has 0 spiro atoms. The molecule has 2 amide bonds. The fourth-order valence-corrected chi connectivity index (χ4v) is 2.58. The summed E-state index contributed by atoms with van der Waals surface area (Å²) in [6.45, 7) is 0.133. The maximum Gasteiger partial charge on any atom is 0.267 e. The molecule has 0 radical (unpaired) electrons. The summed E-state index contributed by atoms with van der Waals surface area (Å²) in [6.07, 6.45) is 4.94. The highest BCUT2D eigenvalue weighted by Crippen LogP contribution is 2.15. The zero-order valence-electron chi connectivity index (χ0n) is 15.6. The predicted octanol–water partition coefficient (Wildman–Crippen LogP) is 2.31. The minimum absolute atomic E-state index is 0.00977. The molecule has 0 saturated carbocycles. The summed E-state index contributed by atoms with van der Waals surface area (Å²) in [7, 11) is 0. The lowest BCUT2D eigenvalue weighted by Gasteiger charge is -2.11. The average Bonchev–Trinajstić information content (AvgIpc) is 2.71. The van der Waals surface area contributed by atoms with Crippen molar-refractivity contribution in [3.63, 3.8) is 0 Å². The zero-order valence-corrected chi connectivity index (χ0v) is 16.3. The van der Waals surface area contributed by atoms with Crippen molar-refractivity contribution in [1.29, 1.82) is 0 Å². The van der Waals surface area contributed by atoms with Crippen molar-refractivity contribution in [2.24, 2.45) is 0 Å². The number of carbonyl (C=O) groups excluding carboxylic acids is 3. The van der Waals surface area contributed by atoms with Crippen LogP contribution in [0.2, 0.25) is 5.02 Å². The molecule has 29 heavy (non-hydrogen) atoms. The number of nitrogens with one attached hydrogen (secondary N) is 2. The normalized spacial score (nSPS) is 11.3. The van der Waals surface area contributed by atoms with Gasteiger partial charge in [0.1, 0.15) is 5.70 Å². The van der Waals surface area contributed by atoms with Crippen molar-refractivity contribution in [3.8, 4) is 0 Å². The van der Waals surface area contributed by atoms with Gasteiger partial charge in [0.05, 0.1) is 10.6 Å². The topological polar surface area (TPSA) is 98.3 Å². The van der Waals surface area contributed by atoms with Gasteiger partial charge in [0.2, 0.25) is 0 Å². The Morgan fingerprint density at radius 2 is 1.69 bits per heavy atom. The zero-order chi connectivity index (χ0) is 21.1. The van der Waals surface area contributed by atoms with Crippen LogP contribution in [0.15, 0.2) is 72.4 Å². The molecule has 0 atom stereocenters. The number of benzene rings is 2. The SMILES string of the molecule is O=C([O-])CCCNC(=O)/C(=C\C=C\c1ccccc1)NC(=O)c1ccccc1Cl. The van der Waals surface area contributed by atoms with Crippen molar-refractivity contribution >= 4 is 35.5 Å². The van der Waals surface area contributed by atoms with Crippen LogP contribution in [0.25, 0.3) is 6.08 Å². The van der Waals surface area contributed by atoms with E-state index in [0.717, 1.165) is 5.56 Å². The van der Waals surface area contributed by atoms with Gasteiger partial charge in [-0.25, -0.2) is 0 Å². The Labute approximate surface area is 173 Å². The molecule has 2 aromatic rings. The maximum atomic E-state index is 12.5. The second-order valence-corrected chi connectivity index (χ2v) is 6.42. The Morgan fingerprint density at radius 3 is 2.38 bits per heavy atom.